The summed E-state index contributed by atoms with van der Waals surface area (Å²) in [6.07, 6.45) is 0. The molecule has 0 aliphatic rings. The third-order valence-corrected chi connectivity index (χ3v) is 5.74. The predicted molar refractivity (Wildman–Crippen MR) is 116 cm³/mol. The zero-order valence-electron chi connectivity index (χ0n) is 16.8. The molecule has 6 heteroatoms. The Hall–Kier alpha value is -2.60. The second-order valence-electron chi connectivity index (χ2n) is 7.20. The van der Waals surface area contributed by atoms with E-state index in [-0.39, 0.29) is 17.5 Å². The minimum absolute atomic E-state index is 0.0546. The number of thioether (sulfide) groups is 1. The highest BCUT2D eigenvalue weighted by Crippen LogP contribution is 2.27. The number of anilines is 1. The van der Waals surface area contributed by atoms with Gasteiger partial charge in [-0.3, -0.25) is 14.2 Å². The van der Waals surface area contributed by atoms with Crippen molar-refractivity contribution in [3.05, 3.63) is 63.9 Å². The molecule has 0 spiro atoms. The molecule has 28 heavy (non-hydrogen) atoms. The second kappa shape index (κ2) is 8.19. The molecule has 2 aromatic carbocycles. The lowest BCUT2D eigenvalue weighted by atomic mass is 10.1. The molecule has 0 aliphatic carbocycles. The summed E-state index contributed by atoms with van der Waals surface area (Å²) in [6.45, 7) is 9.68. The van der Waals surface area contributed by atoms with Gasteiger partial charge >= 0.3 is 0 Å². The van der Waals surface area contributed by atoms with Gasteiger partial charge in [0.2, 0.25) is 5.91 Å². The number of carbonyl (C=O) groups excluding carboxylic acids is 1. The van der Waals surface area contributed by atoms with Gasteiger partial charge < -0.3 is 5.32 Å². The first kappa shape index (κ1) is 20.1. The number of benzene rings is 2. The Morgan fingerprint density at radius 2 is 1.68 bits per heavy atom. The summed E-state index contributed by atoms with van der Waals surface area (Å²) in [6, 6.07) is 13.2. The van der Waals surface area contributed by atoms with Crippen LogP contribution < -0.4 is 10.9 Å². The van der Waals surface area contributed by atoms with E-state index in [0.29, 0.717) is 16.1 Å². The summed E-state index contributed by atoms with van der Waals surface area (Å²) in [5, 5.41) is 3.77. The standard InChI is InChI=1S/C22H25N3O2S/c1-13(2)25-21(27)17-11-6-7-12-18(17)23-22(25)28-16(5)20(26)24-19-14(3)9-8-10-15(19)4/h6-13,16H,1-5H3,(H,24,26)/t16-/m1/s1. The van der Waals surface area contributed by atoms with Crippen molar-refractivity contribution in [3.63, 3.8) is 0 Å². The summed E-state index contributed by atoms with van der Waals surface area (Å²) >= 11 is 1.31. The van der Waals surface area contributed by atoms with Gasteiger partial charge in [-0.05, 0) is 57.9 Å². The number of rotatable bonds is 5. The Labute approximate surface area is 169 Å². The first-order valence-corrected chi connectivity index (χ1v) is 10.2. The van der Waals surface area contributed by atoms with Gasteiger partial charge in [-0.25, -0.2) is 4.98 Å². The van der Waals surface area contributed by atoms with Crippen LogP contribution in [0.3, 0.4) is 0 Å². The van der Waals surface area contributed by atoms with Gasteiger partial charge in [0.05, 0.1) is 16.2 Å². The second-order valence-corrected chi connectivity index (χ2v) is 8.50. The van der Waals surface area contributed by atoms with Gasteiger partial charge in [0.1, 0.15) is 0 Å². The van der Waals surface area contributed by atoms with Crippen molar-refractivity contribution in [1.82, 2.24) is 9.55 Å². The maximum atomic E-state index is 12.9. The number of fused-ring (bicyclic) bond motifs is 1. The summed E-state index contributed by atoms with van der Waals surface area (Å²) < 4.78 is 1.66. The van der Waals surface area contributed by atoms with E-state index in [1.807, 2.05) is 71.0 Å². The molecule has 0 unspecified atom stereocenters. The van der Waals surface area contributed by atoms with E-state index in [1.54, 1.807) is 10.6 Å². The van der Waals surface area contributed by atoms with E-state index in [1.165, 1.54) is 11.8 Å². The van der Waals surface area contributed by atoms with Crippen molar-refractivity contribution in [2.75, 3.05) is 5.32 Å². The SMILES string of the molecule is Cc1cccc(C)c1NC(=O)[C@@H](C)Sc1nc2ccccc2c(=O)n1C(C)C. The van der Waals surface area contributed by atoms with Crippen molar-refractivity contribution >= 4 is 34.3 Å². The summed E-state index contributed by atoms with van der Waals surface area (Å²) in [4.78, 5) is 30.4. The lowest BCUT2D eigenvalue weighted by molar-refractivity contribution is -0.115. The first-order chi connectivity index (χ1) is 13.3. The minimum Gasteiger partial charge on any atom is -0.325 e. The third kappa shape index (κ3) is 3.97. The number of carbonyl (C=O) groups is 1. The smallest absolute Gasteiger partial charge is 0.262 e. The maximum Gasteiger partial charge on any atom is 0.262 e. The van der Waals surface area contributed by atoms with Crippen molar-refractivity contribution in [1.29, 1.82) is 0 Å². The number of nitrogens with one attached hydrogen (secondary N) is 1. The Kier molecular flexibility index (Phi) is 5.89. The summed E-state index contributed by atoms with van der Waals surface area (Å²) in [5.41, 5.74) is 3.45. The number of para-hydroxylation sites is 2. The van der Waals surface area contributed by atoms with E-state index >= 15 is 0 Å². The van der Waals surface area contributed by atoms with Gasteiger partial charge in [-0.15, -0.1) is 0 Å². The molecule has 3 aromatic rings. The van der Waals surface area contributed by atoms with E-state index in [2.05, 4.69) is 10.3 Å². The van der Waals surface area contributed by atoms with Gasteiger partial charge in [0.25, 0.3) is 5.56 Å². The minimum atomic E-state index is -0.405. The highest BCUT2D eigenvalue weighted by atomic mass is 32.2. The van der Waals surface area contributed by atoms with Crippen LogP contribution in [0.15, 0.2) is 52.4 Å². The van der Waals surface area contributed by atoms with Crippen molar-refractivity contribution in [2.45, 2.75) is 51.1 Å². The summed E-state index contributed by atoms with van der Waals surface area (Å²) in [7, 11) is 0. The largest absolute Gasteiger partial charge is 0.325 e. The molecule has 1 amide bonds. The molecule has 146 valence electrons. The molecule has 1 aromatic heterocycles. The lowest BCUT2D eigenvalue weighted by Crippen LogP contribution is -2.28. The Bertz CT molecular complexity index is 1070. The van der Waals surface area contributed by atoms with Crippen molar-refractivity contribution in [3.8, 4) is 0 Å². The molecule has 0 fully saturated rings. The lowest BCUT2D eigenvalue weighted by Gasteiger charge is -2.19. The van der Waals surface area contributed by atoms with Gasteiger partial charge in [-0.2, -0.15) is 0 Å². The van der Waals surface area contributed by atoms with E-state index < -0.39 is 5.25 Å². The van der Waals surface area contributed by atoms with Gasteiger partial charge in [0.15, 0.2) is 5.16 Å². The maximum absolute atomic E-state index is 12.9. The number of hydrogen-bond acceptors (Lipinski definition) is 4. The van der Waals surface area contributed by atoms with Crippen LogP contribution >= 0.6 is 11.8 Å². The molecule has 5 nitrogen and oxygen atoms in total. The third-order valence-electron chi connectivity index (χ3n) is 4.67. The highest BCUT2D eigenvalue weighted by molar-refractivity contribution is 8.00. The fourth-order valence-corrected chi connectivity index (χ4v) is 4.15. The Morgan fingerprint density at radius 1 is 1.04 bits per heavy atom. The van der Waals surface area contributed by atoms with Crippen LogP contribution in [0.4, 0.5) is 5.69 Å². The molecular weight excluding hydrogens is 370 g/mol. The molecule has 0 aliphatic heterocycles. The molecule has 1 N–H and O–H groups in total. The van der Waals surface area contributed by atoms with Crippen LogP contribution in [-0.4, -0.2) is 20.7 Å². The van der Waals surface area contributed by atoms with E-state index in [0.717, 1.165) is 16.8 Å². The average Bonchev–Trinajstić information content (AvgIpc) is 2.64. The zero-order chi connectivity index (χ0) is 20.4. The van der Waals surface area contributed by atoms with Crippen molar-refractivity contribution < 1.29 is 4.79 Å². The number of aromatic nitrogens is 2. The number of hydrogen-bond donors (Lipinski definition) is 1. The number of amides is 1. The zero-order valence-corrected chi connectivity index (χ0v) is 17.6. The van der Waals surface area contributed by atoms with E-state index in [9.17, 15) is 9.59 Å². The quantitative estimate of drug-likeness (QED) is 0.502. The van der Waals surface area contributed by atoms with Crippen LogP contribution in [-0.2, 0) is 4.79 Å². The molecular formula is C22H25N3O2S. The van der Waals surface area contributed by atoms with Crippen molar-refractivity contribution in [2.24, 2.45) is 0 Å². The Morgan fingerprint density at radius 3 is 2.32 bits per heavy atom. The number of aryl methyl sites for hydroxylation is 2. The topological polar surface area (TPSA) is 64.0 Å². The molecule has 1 atom stereocenters. The first-order valence-electron chi connectivity index (χ1n) is 9.34. The molecule has 0 saturated heterocycles. The molecule has 0 saturated carbocycles. The molecule has 0 bridgehead atoms. The van der Waals surface area contributed by atoms with Crippen LogP contribution in [0.25, 0.3) is 10.9 Å². The van der Waals surface area contributed by atoms with Gasteiger partial charge in [0, 0.05) is 11.7 Å². The Balaban J connectivity index is 1.92. The molecule has 1 heterocycles. The average molecular weight is 396 g/mol. The highest BCUT2D eigenvalue weighted by Gasteiger charge is 2.21. The molecule has 3 rings (SSSR count). The fourth-order valence-electron chi connectivity index (χ4n) is 3.11. The van der Waals surface area contributed by atoms with Crippen LogP contribution in [0.2, 0.25) is 0 Å². The van der Waals surface area contributed by atoms with Crippen LogP contribution in [0.5, 0.6) is 0 Å². The van der Waals surface area contributed by atoms with Gasteiger partial charge in [-0.1, -0.05) is 42.1 Å². The van der Waals surface area contributed by atoms with E-state index in [4.69, 9.17) is 0 Å². The predicted octanol–water partition coefficient (Wildman–Crippen LogP) is 4.71. The summed E-state index contributed by atoms with van der Waals surface area (Å²) in [5.74, 6) is -0.111. The monoisotopic (exact) mass is 395 g/mol. The fraction of sp³-hybridized carbons (Fsp3) is 0.318. The number of nitrogens with zero attached hydrogens (tertiary/aromatic N) is 2. The van der Waals surface area contributed by atoms with Crippen LogP contribution in [0.1, 0.15) is 37.9 Å². The normalized spacial score (nSPS) is 12.4. The molecule has 0 radical (unpaired) electrons. The van der Waals surface area contributed by atoms with Crippen LogP contribution in [0, 0.1) is 13.8 Å².